The summed E-state index contributed by atoms with van der Waals surface area (Å²) in [4.78, 5) is 15.6. The minimum absolute atomic E-state index is 0.226. The van der Waals surface area contributed by atoms with Crippen LogP contribution in [0.1, 0.15) is 6.42 Å². The van der Waals surface area contributed by atoms with Crippen LogP contribution in [0.3, 0.4) is 0 Å². The van der Waals surface area contributed by atoms with E-state index in [0.717, 1.165) is 12.3 Å². The summed E-state index contributed by atoms with van der Waals surface area (Å²) in [6.07, 6.45) is 0.707. The number of carbonyl (C=O) groups is 1. The lowest BCUT2D eigenvalue weighted by atomic mass is 10.3. The number of aliphatic imine (C=N–C) groups is 1. The van der Waals surface area contributed by atoms with Crippen molar-refractivity contribution in [1.82, 2.24) is 10.6 Å². The van der Waals surface area contributed by atoms with Crippen molar-refractivity contribution in [1.29, 1.82) is 0 Å². The van der Waals surface area contributed by atoms with Gasteiger partial charge >= 0.3 is 6.03 Å². The number of para-hydroxylation sites is 1. The van der Waals surface area contributed by atoms with Crippen LogP contribution in [-0.4, -0.2) is 36.6 Å². The van der Waals surface area contributed by atoms with Crippen LogP contribution in [0, 0.1) is 0 Å². The van der Waals surface area contributed by atoms with Crippen LogP contribution in [0.4, 0.5) is 4.79 Å². The van der Waals surface area contributed by atoms with Gasteiger partial charge in [0, 0.05) is 12.3 Å². The van der Waals surface area contributed by atoms with E-state index >= 15 is 0 Å². The van der Waals surface area contributed by atoms with E-state index in [-0.39, 0.29) is 6.03 Å². The minimum Gasteiger partial charge on any atom is -0.492 e. The smallest absolute Gasteiger partial charge is 0.320 e. The summed E-state index contributed by atoms with van der Waals surface area (Å²) in [6, 6.07) is 7.09. The molecule has 0 bridgehead atoms. The highest BCUT2D eigenvalue weighted by molar-refractivity contribution is 8.14. The van der Waals surface area contributed by atoms with E-state index in [1.54, 1.807) is 17.8 Å². The van der Waals surface area contributed by atoms with E-state index in [2.05, 4.69) is 15.6 Å². The molecule has 0 fully saturated rings. The maximum atomic E-state index is 11.5. The van der Waals surface area contributed by atoms with Gasteiger partial charge in [-0.1, -0.05) is 35.5 Å². The van der Waals surface area contributed by atoms with E-state index in [1.807, 2.05) is 18.2 Å². The first-order chi connectivity index (χ1) is 9.75. The quantitative estimate of drug-likeness (QED) is 0.821. The number of nitrogens with zero attached hydrogens (tertiary/aromatic N) is 1. The van der Waals surface area contributed by atoms with Gasteiger partial charge in [0.25, 0.3) is 0 Å². The van der Waals surface area contributed by atoms with Gasteiger partial charge in [0.15, 0.2) is 5.17 Å². The van der Waals surface area contributed by atoms with Gasteiger partial charge < -0.3 is 10.1 Å². The number of ether oxygens (including phenoxy) is 1. The first-order valence-electron chi connectivity index (χ1n) is 6.35. The molecule has 7 heteroatoms. The summed E-state index contributed by atoms with van der Waals surface area (Å²) in [5.41, 5.74) is 0. The summed E-state index contributed by atoms with van der Waals surface area (Å²) in [7, 11) is 0. The van der Waals surface area contributed by atoms with E-state index in [1.165, 1.54) is 0 Å². The van der Waals surface area contributed by atoms with Crippen LogP contribution in [0.15, 0.2) is 29.3 Å². The van der Waals surface area contributed by atoms with Gasteiger partial charge in [-0.05, 0) is 18.6 Å². The lowest BCUT2D eigenvalue weighted by Crippen LogP contribution is -2.38. The van der Waals surface area contributed by atoms with Gasteiger partial charge in [-0.25, -0.2) is 4.79 Å². The van der Waals surface area contributed by atoms with E-state index < -0.39 is 0 Å². The molecule has 1 aromatic carbocycles. The second-order valence-electron chi connectivity index (χ2n) is 4.05. The number of hydrogen-bond donors (Lipinski definition) is 2. The van der Waals surface area contributed by atoms with Gasteiger partial charge in [0.05, 0.1) is 18.2 Å². The molecule has 2 rings (SSSR count). The normalized spacial score (nSPS) is 13.8. The van der Waals surface area contributed by atoms with Crippen molar-refractivity contribution in [2.24, 2.45) is 4.99 Å². The van der Waals surface area contributed by atoms with Crippen LogP contribution in [0.5, 0.6) is 5.75 Å². The third kappa shape index (κ3) is 4.94. The van der Waals surface area contributed by atoms with Crippen molar-refractivity contribution in [3.05, 3.63) is 29.3 Å². The number of benzene rings is 1. The van der Waals surface area contributed by atoms with Gasteiger partial charge in [0.1, 0.15) is 5.75 Å². The average molecular weight is 314 g/mol. The predicted molar refractivity (Wildman–Crippen MR) is 82.9 cm³/mol. The van der Waals surface area contributed by atoms with Gasteiger partial charge in [-0.15, -0.1) is 0 Å². The van der Waals surface area contributed by atoms with Crippen molar-refractivity contribution in [3.8, 4) is 5.75 Å². The maximum Gasteiger partial charge on any atom is 0.320 e. The molecule has 1 aromatic rings. The third-order valence-corrected chi connectivity index (χ3v) is 3.71. The van der Waals surface area contributed by atoms with Crippen molar-refractivity contribution in [2.75, 3.05) is 25.4 Å². The molecule has 20 heavy (non-hydrogen) atoms. The van der Waals surface area contributed by atoms with Crippen LogP contribution in [0.25, 0.3) is 0 Å². The summed E-state index contributed by atoms with van der Waals surface area (Å²) in [5, 5.41) is 6.73. The summed E-state index contributed by atoms with van der Waals surface area (Å²) in [6.45, 7) is 1.81. The summed E-state index contributed by atoms with van der Waals surface area (Å²) < 4.78 is 5.52. The largest absolute Gasteiger partial charge is 0.492 e. The second kappa shape index (κ2) is 8.01. The second-order valence-corrected chi connectivity index (χ2v) is 5.54. The average Bonchev–Trinajstić information content (AvgIpc) is 2.93. The third-order valence-electron chi connectivity index (χ3n) is 2.51. The Hall–Kier alpha value is -1.40. The van der Waals surface area contributed by atoms with E-state index in [4.69, 9.17) is 16.3 Å². The monoisotopic (exact) mass is 313 g/mol. The molecule has 0 saturated carbocycles. The Morgan fingerprint density at radius 1 is 1.45 bits per heavy atom. The van der Waals surface area contributed by atoms with Crippen molar-refractivity contribution < 1.29 is 9.53 Å². The molecule has 0 unspecified atom stereocenters. The lowest BCUT2D eigenvalue weighted by Gasteiger charge is -2.09. The fourth-order valence-electron chi connectivity index (χ4n) is 1.57. The Kier molecular flexibility index (Phi) is 6.01. The molecular formula is C13H16ClN3O2S. The highest BCUT2D eigenvalue weighted by atomic mass is 35.5. The molecule has 2 N–H and O–H groups in total. The van der Waals surface area contributed by atoms with Crippen molar-refractivity contribution in [3.63, 3.8) is 0 Å². The van der Waals surface area contributed by atoms with Crippen molar-refractivity contribution >= 4 is 34.6 Å². The Morgan fingerprint density at radius 3 is 3.05 bits per heavy atom. The number of carbonyl (C=O) groups excluding carboxylic acids is 1. The van der Waals surface area contributed by atoms with Gasteiger partial charge in [-0.2, -0.15) is 0 Å². The van der Waals surface area contributed by atoms with Crippen LogP contribution >= 0.6 is 23.4 Å². The fraction of sp³-hybridized carbons (Fsp3) is 0.385. The standard InChI is InChI=1S/C13H16ClN3O2S/c14-10-4-1-2-5-11(10)19-8-3-6-15-12(18)17-13-16-7-9-20-13/h1-2,4-5H,3,6-9H2,(H2,15,16,17,18). The van der Waals surface area contributed by atoms with Gasteiger partial charge in [0.2, 0.25) is 0 Å². The minimum atomic E-state index is -0.226. The van der Waals surface area contributed by atoms with E-state index in [0.29, 0.717) is 35.5 Å². The number of urea groups is 1. The number of thioether (sulfide) groups is 1. The predicted octanol–water partition coefficient (Wildman–Crippen LogP) is 2.51. The maximum absolute atomic E-state index is 11.5. The Balaban J connectivity index is 1.57. The molecule has 1 aliphatic rings. The zero-order valence-corrected chi connectivity index (χ0v) is 12.5. The number of hydrogen-bond acceptors (Lipinski definition) is 4. The molecule has 0 aromatic heterocycles. The van der Waals surface area contributed by atoms with Crippen molar-refractivity contribution in [2.45, 2.75) is 6.42 Å². The topological polar surface area (TPSA) is 62.7 Å². The molecule has 0 spiro atoms. The number of halogens is 1. The number of amides is 2. The number of rotatable bonds is 5. The molecule has 2 amide bonds. The highest BCUT2D eigenvalue weighted by Gasteiger charge is 2.09. The molecule has 0 radical (unpaired) electrons. The molecule has 1 aliphatic heterocycles. The molecule has 1 heterocycles. The SMILES string of the molecule is O=C(NCCCOc1ccccc1Cl)NC1=NCCS1. The fourth-order valence-corrected chi connectivity index (χ4v) is 2.48. The van der Waals surface area contributed by atoms with Crippen LogP contribution in [0.2, 0.25) is 5.02 Å². The highest BCUT2D eigenvalue weighted by Crippen LogP contribution is 2.22. The Morgan fingerprint density at radius 2 is 2.30 bits per heavy atom. The number of amidine groups is 1. The first-order valence-corrected chi connectivity index (χ1v) is 7.71. The molecule has 0 atom stereocenters. The molecular weight excluding hydrogens is 298 g/mol. The van der Waals surface area contributed by atoms with E-state index in [9.17, 15) is 4.79 Å². The molecule has 5 nitrogen and oxygen atoms in total. The zero-order valence-electron chi connectivity index (χ0n) is 10.9. The Labute approximate surface area is 127 Å². The summed E-state index contributed by atoms with van der Waals surface area (Å²) in [5.74, 6) is 1.59. The van der Waals surface area contributed by atoms with Gasteiger partial charge in [-0.3, -0.25) is 10.3 Å². The Bertz CT molecular complexity index is 496. The molecule has 108 valence electrons. The van der Waals surface area contributed by atoms with Crippen LogP contribution in [-0.2, 0) is 0 Å². The number of nitrogens with one attached hydrogen (secondary N) is 2. The first kappa shape index (κ1) is 15.0. The lowest BCUT2D eigenvalue weighted by molar-refractivity contribution is 0.243. The molecule has 0 aliphatic carbocycles. The molecule has 0 saturated heterocycles. The van der Waals surface area contributed by atoms with Crippen LogP contribution < -0.4 is 15.4 Å². The zero-order chi connectivity index (χ0) is 14.2. The summed E-state index contributed by atoms with van der Waals surface area (Å²) >= 11 is 7.51.